The van der Waals surface area contributed by atoms with Crippen molar-refractivity contribution in [3.05, 3.63) is 87.8 Å². The van der Waals surface area contributed by atoms with Crippen molar-refractivity contribution in [1.29, 1.82) is 0 Å². The molecule has 0 atom stereocenters. The lowest BCUT2D eigenvalue weighted by Crippen LogP contribution is -2.31. The molecular weight excluding hydrogens is 392 g/mol. The number of nitrogens with zero attached hydrogens (tertiary/aromatic N) is 1. The van der Waals surface area contributed by atoms with Gasteiger partial charge in [-0.1, -0.05) is 30.3 Å². The largest absolute Gasteiger partial charge is 0.493 e. The Labute approximate surface area is 181 Å². The molecule has 1 amide bonds. The molecule has 1 aliphatic rings. The number of carbonyl (C=O) groups excluding carboxylic acids is 1. The quantitative estimate of drug-likeness (QED) is 0.617. The summed E-state index contributed by atoms with van der Waals surface area (Å²) in [5, 5.41) is 2.94. The minimum absolute atomic E-state index is 0.116. The second kappa shape index (κ2) is 9.51. The molecule has 0 unspecified atom stereocenters. The third-order valence-corrected chi connectivity index (χ3v) is 5.31. The third kappa shape index (κ3) is 4.79. The number of hydrogen-bond donors (Lipinski definition) is 1. The van der Waals surface area contributed by atoms with E-state index in [-0.39, 0.29) is 11.5 Å². The van der Waals surface area contributed by atoms with Crippen molar-refractivity contribution in [2.45, 2.75) is 39.3 Å². The lowest BCUT2D eigenvalue weighted by Gasteiger charge is -2.23. The minimum atomic E-state index is -0.271. The molecule has 160 valence electrons. The maximum absolute atomic E-state index is 13.2. The molecule has 2 heterocycles. The number of nitrogens with one attached hydrogen (secondary N) is 1. The van der Waals surface area contributed by atoms with E-state index in [1.54, 1.807) is 16.7 Å². The number of benzene rings is 2. The molecule has 1 N–H and O–H groups in total. The van der Waals surface area contributed by atoms with Crippen LogP contribution < -0.4 is 20.3 Å². The molecule has 6 heteroatoms. The zero-order valence-corrected chi connectivity index (χ0v) is 17.6. The Balaban J connectivity index is 1.51. The number of aromatic nitrogens is 1. The molecule has 0 spiro atoms. The molecule has 3 aromatic rings. The summed E-state index contributed by atoms with van der Waals surface area (Å²) in [6.45, 7) is 3.34. The minimum Gasteiger partial charge on any atom is -0.493 e. The highest BCUT2D eigenvalue weighted by Gasteiger charge is 2.24. The number of hydrogen-bond acceptors (Lipinski definition) is 4. The maximum atomic E-state index is 13.2. The molecule has 4 rings (SSSR count). The van der Waals surface area contributed by atoms with Crippen LogP contribution in [0.4, 0.5) is 5.69 Å². The van der Waals surface area contributed by atoms with Gasteiger partial charge in [-0.2, -0.15) is 0 Å². The Morgan fingerprint density at radius 2 is 1.81 bits per heavy atom. The molecule has 31 heavy (non-hydrogen) atoms. The van der Waals surface area contributed by atoms with Gasteiger partial charge in [-0.05, 0) is 56.0 Å². The van der Waals surface area contributed by atoms with Crippen molar-refractivity contribution in [3.63, 3.8) is 0 Å². The number of rotatable bonds is 7. The average molecular weight is 418 g/mol. The van der Waals surface area contributed by atoms with Crippen LogP contribution >= 0.6 is 0 Å². The van der Waals surface area contributed by atoms with E-state index in [0.29, 0.717) is 43.2 Å². The summed E-state index contributed by atoms with van der Waals surface area (Å²) in [6.07, 6.45) is 2.57. The van der Waals surface area contributed by atoms with Gasteiger partial charge in [0.25, 0.3) is 11.5 Å². The maximum Gasteiger partial charge on any atom is 0.261 e. The van der Waals surface area contributed by atoms with Crippen LogP contribution in [-0.2, 0) is 19.6 Å². The predicted molar refractivity (Wildman–Crippen MR) is 120 cm³/mol. The van der Waals surface area contributed by atoms with Gasteiger partial charge in [-0.3, -0.25) is 9.59 Å². The van der Waals surface area contributed by atoms with Crippen LogP contribution in [0.5, 0.6) is 11.5 Å². The summed E-state index contributed by atoms with van der Waals surface area (Å²) < 4.78 is 13.1. The molecule has 0 radical (unpaired) electrons. The highest BCUT2D eigenvalue weighted by atomic mass is 16.5. The highest BCUT2D eigenvalue weighted by molar-refractivity contribution is 6.07. The van der Waals surface area contributed by atoms with Crippen LogP contribution in [-0.4, -0.2) is 17.1 Å². The fourth-order valence-corrected chi connectivity index (χ4v) is 3.82. The van der Waals surface area contributed by atoms with Crippen molar-refractivity contribution < 1.29 is 14.3 Å². The summed E-state index contributed by atoms with van der Waals surface area (Å²) in [5.74, 6) is 0.800. The van der Waals surface area contributed by atoms with Crippen molar-refractivity contribution in [2.75, 3.05) is 11.9 Å². The smallest absolute Gasteiger partial charge is 0.261 e. The fourth-order valence-electron chi connectivity index (χ4n) is 3.82. The Morgan fingerprint density at radius 3 is 2.55 bits per heavy atom. The second-order valence-corrected chi connectivity index (χ2v) is 7.46. The van der Waals surface area contributed by atoms with Crippen LogP contribution in [0.3, 0.4) is 0 Å². The number of amides is 1. The highest BCUT2D eigenvalue weighted by Crippen LogP contribution is 2.27. The van der Waals surface area contributed by atoms with Crippen molar-refractivity contribution in [2.24, 2.45) is 0 Å². The first-order chi connectivity index (χ1) is 15.2. The van der Waals surface area contributed by atoms with E-state index in [1.165, 1.54) is 6.07 Å². The van der Waals surface area contributed by atoms with E-state index >= 15 is 0 Å². The van der Waals surface area contributed by atoms with Crippen LogP contribution in [0, 0.1) is 0 Å². The number of ether oxygens (including phenoxy) is 2. The zero-order chi connectivity index (χ0) is 21.6. The van der Waals surface area contributed by atoms with E-state index < -0.39 is 0 Å². The Hall–Kier alpha value is -3.54. The van der Waals surface area contributed by atoms with Gasteiger partial charge in [0.2, 0.25) is 0 Å². The van der Waals surface area contributed by atoms with Crippen LogP contribution in [0.15, 0.2) is 65.5 Å². The standard InChI is InChI=1S/C25H26N2O4/c1-2-30-22-16-23(28)27-15-7-6-10-21(27)24(22)25(29)26-19-11-13-20(14-12-19)31-17-18-8-4-3-5-9-18/h3-5,8-9,11-14,16H,2,6-7,10,15,17H2,1H3,(H,26,29). The summed E-state index contributed by atoms with van der Waals surface area (Å²) in [4.78, 5) is 25.6. The van der Waals surface area contributed by atoms with E-state index in [2.05, 4.69) is 5.32 Å². The summed E-state index contributed by atoms with van der Waals surface area (Å²) >= 11 is 0. The molecule has 0 saturated carbocycles. The van der Waals surface area contributed by atoms with Gasteiger partial charge in [0.1, 0.15) is 23.7 Å². The topological polar surface area (TPSA) is 69.6 Å². The monoisotopic (exact) mass is 418 g/mol. The number of carbonyl (C=O) groups is 1. The lowest BCUT2D eigenvalue weighted by molar-refractivity contribution is 0.102. The molecule has 0 saturated heterocycles. The molecule has 0 aliphatic carbocycles. The van der Waals surface area contributed by atoms with Crippen molar-refractivity contribution >= 4 is 11.6 Å². The van der Waals surface area contributed by atoms with Gasteiger partial charge in [0.15, 0.2) is 0 Å². The molecule has 2 aromatic carbocycles. The summed E-state index contributed by atoms with van der Waals surface area (Å²) in [5.41, 5.74) is 2.83. The van der Waals surface area contributed by atoms with Crippen LogP contribution in [0.25, 0.3) is 0 Å². The Bertz CT molecular complexity index is 1100. The van der Waals surface area contributed by atoms with Gasteiger partial charge in [0.05, 0.1) is 6.61 Å². The first kappa shape index (κ1) is 20.7. The second-order valence-electron chi connectivity index (χ2n) is 7.46. The number of anilines is 1. The molecular formula is C25H26N2O4. The summed E-state index contributed by atoms with van der Waals surface area (Å²) in [7, 11) is 0. The van der Waals surface area contributed by atoms with Crippen molar-refractivity contribution in [1.82, 2.24) is 4.57 Å². The SMILES string of the molecule is CCOc1cc(=O)n2c(c1C(=O)Nc1ccc(OCc3ccccc3)cc1)CCCC2. The predicted octanol–water partition coefficient (Wildman–Crippen LogP) is 4.41. The van der Waals surface area contributed by atoms with Crippen molar-refractivity contribution in [3.8, 4) is 11.5 Å². The van der Waals surface area contributed by atoms with Gasteiger partial charge < -0.3 is 19.4 Å². The molecule has 0 bridgehead atoms. The number of fused-ring (bicyclic) bond motifs is 1. The van der Waals surface area contributed by atoms with E-state index in [9.17, 15) is 9.59 Å². The van der Waals surface area contributed by atoms with E-state index in [1.807, 2.05) is 49.4 Å². The first-order valence-corrected chi connectivity index (χ1v) is 10.6. The van der Waals surface area contributed by atoms with Crippen LogP contribution in [0.2, 0.25) is 0 Å². The van der Waals surface area contributed by atoms with E-state index in [0.717, 1.165) is 29.8 Å². The molecule has 1 aromatic heterocycles. The molecule has 6 nitrogen and oxygen atoms in total. The van der Waals surface area contributed by atoms with Gasteiger partial charge in [-0.25, -0.2) is 0 Å². The van der Waals surface area contributed by atoms with Gasteiger partial charge in [-0.15, -0.1) is 0 Å². The number of pyridine rings is 1. The first-order valence-electron chi connectivity index (χ1n) is 10.6. The summed E-state index contributed by atoms with van der Waals surface area (Å²) in [6, 6.07) is 18.6. The third-order valence-electron chi connectivity index (χ3n) is 5.31. The van der Waals surface area contributed by atoms with Crippen LogP contribution in [0.1, 0.15) is 41.4 Å². The molecule has 1 aliphatic heterocycles. The average Bonchev–Trinajstić information content (AvgIpc) is 2.80. The molecule has 0 fully saturated rings. The normalized spacial score (nSPS) is 12.7. The fraction of sp³-hybridized carbons (Fsp3) is 0.280. The lowest BCUT2D eigenvalue weighted by atomic mass is 10.0. The Kier molecular flexibility index (Phi) is 6.36. The van der Waals surface area contributed by atoms with Gasteiger partial charge >= 0.3 is 0 Å². The zero-order valence-electron chi connectivity index (χ0n) is 17.6. The van der Waals surface area contributed by atoms with Gasteiger partial charge in [0, 0.05) is 24.0 Å². The Morgan fingerprint density at radius 1 is 1.03 bits per heavy atom. The van der Waals surface area contributed by atoms with E-state index in [4.69, 9.17) is 9.47 Å².